The molecule has 5 rings (SSSR count). The van der Waals surface area contributed by atoms with Crippen molar-refractivity contribution in [3.05, 3.63) is 95.1 Å². The number of aryl methyl sites for hydroxylation is 1. The second kappa shape index (κ2) is 6.27. The van der Waals surface area contributed by atoms with Crippen LogP contribution >= 0.6 is 0 Å². The number of hydroxylamine groups is 2. The molecule has 5 heteroatoms. The molecule has 1 aliphatic heterocycles. The summed E-state index contributed by atoms with van der Waals surface area (Å²) in [5, 5.41) is 3.54. The predicted molar refractivity (Wildman–Crippen MR) is 109 cm³/mol. The zero-order chi connectivity index (χ0) is 20.1. The van der Waals surface area contributed by atoms with Crippen molar-refractivity contribution in [1.29, 1.82) is 0 Å². The van der Waals surface area contributed by atoms with Gasteiger partial charge in [0.1, 0.15) is 0 Å². The van der Waals surface area contributed by atoms with Crippen LogP contribution in [0.15, 0.2) is 72.8 Å². The van der Waals surface area contributed by atoms with Crippen LogP contribution in [0.4, 0.5) is 0 Å². The minimum Gasteiger partial charge on any atom is -0.324 e. The van der Waals surface area contributed by atoms with Gasteiger partial charge < -0.3 is 4.84 Å². The number of fused-ring (bicyclic) bond motifs is 2. The maximum Gasteiger partial charge on any atom is 0.363 e. The summed E-state index contributed by atoms with van der Waals surface area (Å²) in [5.74, 6) is -2.05. The van der Waals surface area contributed by atoms with Gasteiger partial charge in [0.25, 0.3) is 11.8 Å². The third-order valence-electron chi connectivity index (χ3n) is 5.16. The van der Waals surface area contributed by atoms with Crippen molar-refractivity contribution in [2.75, 3.05) is 0 Å². The highest BCUT2D eigenvalue weighted by Crippen LogP contribution is 2.35. The number of carbonyl (C=O) groups excluding carboxylic acids is 3. The molecular weight excluding hydrogens is 366 g/mol. The molecule has 0 radical (unpaired) electrons. The van der Waals surface area contributed by atoms with Gasteiger partial charge in [0.05, 0.1) is 16.7 Å². The first-order valence-electron chi connectivity index (χ1n) is 9.17. The van der Waals surface area contributed by atoms with Crippen molar-refractivity contribution >= 4 is 39.3 Å². The van der Waals surface area contributed by atoms with Crippen molar-refractivity contribution in [3.63, 3.8) is 0 Å². The first-order chi connectivity index (χ1) is 14.0. The van der Waals surface area contributed by atoms with E-state index in [4.69, 9.17) is 4.84 Å². The summed E-state index contributed by atoms with van der Waals surface area (Å²) in [6, 6.07) is 21.4. The normalized spacial score (nSPS) is 13.2. The Balaban J connectivity index is 1.66. The molecule has 29 heavy (non-hydrogen) atoms. The SMILES string of the molecule is Cc1ccc(C(=O)ON2C(=O)c3cccc4cc5ccccc5c(c34)C2=O)cc1. The third kappa shape index (κ3) is 2.59. The van der Waals surface area contributed by atoms with Gasteiger partial charge in [-0.3, -0.25) is 9.59 Å². The molecule has 4 aromatic rings. The third-order valence-corrected chi connectivity index (χ3v) is 5.16. The Morgan fingerprint density at radius 3 is 2.34 bits per heavy atom. The highest BCUT2D eigenvalue weighted by atomic mass is 16.7. The van der Waals surface area contributed by atoms with Crippen LogP contribution in [0, 0.1) is 6.92 Å². The van der Waals surface area contributed by atoms with Gasteiger partial charge in [-0.15, -0.1) is 0 Å². The van der Waals surface area contributed by atoms with Crippen molar-refractivity contribution in [2.24, 2.45) is 0 Å². The van der Waals surface area contributed by atoms with E-state index in [0.717, 1.165) is 16.3 Å². The highest BCUT2D eigenvalue weighted by Gasteiger charge is 2.37. The predicted octanol–water partition coefficient (Wildman–Crippen LogP) is 4.67. The summed E-state index contributed by atoms with van der Waals surface area (Å²) in [6.45, 7) is 1.90. The van der Waals surface area contributed by atoms with Gasteiger partial charge >= 0.3 is 5.97 Å². The van der Waals surface area contributed by atoms with Gasteiger partial charge in [-0.1, -0.05) is 59.2 Å². The Kier molecular flexibility index (Phi) is 3.71. The topological polar surface area (TPSA) is 63.7 Å². The van der Waals surface area contributed by atoms with Gasteiger partial charge in [-0.2, -0.15) is 0 Å². The Morgan fingerprint density at radius 1 is 0.828 bits per heavy atom. The molecule has 0 fully saturated rings. The second-order valence-electron chi connectivity index (χ2n) is 7.03. The van der Waals surface area contributed by atoms with E-state index in [0.29, 0.717) is 27.0 Å². The van der Waals surface area contributed by atoms with Crippen LogP contribution in [0.3, 0.4) is 0 Å². The number of hydrogen-bond donors (Lipinski definition) is 0. The molecule has 0 unspecified atom stereocenters. The van der Waals surface area contributed by atoms with E-state index in [1.807, 2.05) is 43.3 Å². The number of carbonyl (C=O) groups is 3. The number of rotatable bonds is 2. The number of imide groups is 1. The minimum atomic E-state index is -0.762. The van der Waals surface area contributed by atoms with Gasteiger partial charge in [-0.25, -0.2) is 4.79 Å². The molecule has 0 aliphatic carbocycles. The molecular formula is C24H15NO4. The Morgan fingerprint density at radius 2 is 1.55 bits per heavy atom. The van der Waals surface area contributed by atoms with Crippen LogP contribution in [0.5, 0.6) is 0 Å². The quantitative estimate of drug-likeness (QED) is 0.374. The van der Waals surface area contributed by atoms with E-state index < -0.39 is 17.8 Å². The van der Waals surface area contributed by atoms with Gasteiger partial charge in [0, 0.05) is 5.39 Å². The average Bonchev–Trinajstić information content (AvgIpc) is 2.74. The van der Waals surface area contributed by atoms with E-state index in [1.165, 1.54) is 0 Å². The summed E-state index contributed by atoms with van der Waals surface area (Å²) in [6.07, 6.45) is 0. The summed E-state index contributed by atoms with van der Waals surface area (Å²) < 4.78 is 0. The van der Waals surface area contributed by atoms with Crippen molar-refractivity contribution in [1.82, 2.24) is 5.06 Å². The van der Waals surface area contributed by atoms with Crippen LogP contribution in [-0.2, 0) is 4.84 Å². The van der Waals surface area contributed by atoms with E-state index in [2.05, 4.69) is 0 Å². The summed E-state index contributed by atoms with van der Waals surface area (Å²) >= 11 is 0. The molecule has 140 valence electrons. The van der Waals surface area contributed by atoms with Crippen LogP contribution < -0.4 is 0 Å². The molecule has 0 atom stereocenters. The van der Waals surface area contributed by atoms with E-state index >= 15 is 0 Å². The Bertz CT molecular complexity index is 1340. The lowest BCUT2D eigenvalue weighted by atomic mass is 9.90. The summed E-state index contributed by atoms with van der Waals surface area (Å²) in [4.78, 5) is 44.1. The second-order valence-corrected chi connectivity index (χ2v) is 7.03. The van der Waals surface area contributed by atoms with Crippen LogP contribution in [0.2, 0.25) is 0 Å². The van der Waals surface area contributed by atoms with E-state index in [1.54, 1.807) is 36.4 Å². The fraction of sp³-hybridized carbons (Fsp3) is 0.0417. The zero-order valence-corrected chi connectivity index (χ0v) is 15.5. The number of nitrogens with zero attached hydrogens (tertiary/aromatic N) is 1. The van der Waals surface area contributed by atoms with Crippen LogP contribution in [0.1, 0.15) is 36.6 Å². The Hall–Kier alpha value is -3.99. The first-order valence-corrected chi connectivity index (χ1v) is 9.17. The maximum atomic E-state index is 13.3. The van der Waals surface area contributed by atoms with Gasteiger partial charge in [-0.05, 0) is 47.3 Å². The average molecular weight is 381 g/mol. The lowest BCUT2D eigenvalue weighted by Crippen LogP contribution is -2.41. The first kappa shape index (κ1) is 17.1. The monoisotopic (exact) mass is 381 g/mol. The largest absolute Gasteiger partial charge is 0.363 e. The fourth-order valence-electron chi connectivity index (χ4n) is 3.73. The minimum absolute atomic E-state index is 0.262. The number of amides is 2. The van der Waals surface area contributed by atoms with Gasteiger partial charge in [0.2, 0.25) is 0 Å². The fourth-order valence-corrected chi connectivity index (χ4v) is 3.73. The highest BCUT2D eigenvalue weighted by molar-refractivity contribution is 6.30. The molecule has 4 aromatic carbocycles. The lowest BCUT2D eigenvalue weighted by Gasteiger charge is -2.26. The molecule has 1 heterocycles. The summed E-state index contributed by atoms with van der Waals surface area (Å²) in [7, 11) is 0. The van der Waals surface area contributed by atoms with Crippen molar-refractivity contribution in [2.45, 2.75) is 6.92 Å². The zero-order valence-electron chi connectivity index (χ0n) is 15.5. The molecule has 0 aromatic heterocycles. The molecule has 1 aliphatic rings. The van der Waals surface area contributed by atoms with Crippen molar-refractivity contribution < 1.29 is 19.2 Å². The van der Waals surface area contributed by atoms with Crippen LogP contribution in [-0.4, -0.2) is 22.8 Å². The standard InChI is InChI=1S/C24H15NO4/c1-14-9-11-15(12-10-14)24(28)29-25-22(26)19-8-4-6-17-13-16-5-2-3-7-18(16)21(20(17)19)23(25)27/h2-13H,1H3. The molecule has 0 spiro atoms. The number of benzene rings is 4. The molecule has 5 nitrogen and oxygen atoms in total. The molecule has 0 saturated heterocycles. The van der Waals surface area contributed by atoms with E-state index in [9.17, 15) is 14.4 Å². The smallest absolute Gasteiger partial charge is 0.324 e. The molecule has 0 saturated carbocycles. The van der Waals surface area contributed by atoms with Crippen molar-refractivity contribution in [3.8, 4) is 0 Å². The molecule has 2 amide bonds. The van der Waals surface area contributed by atoms with E-state index in [-0.39, 0.29) is 5.56 Å². The molecule has 0 N–H and O–H groups in total. The lowest BCUT2D eigenvalue weighted by molar-refractivity contribution is -0.0619. The number of hydrogen-bond acceptors (Lipinski definition) is 4. The van der Waals surface area contributed by atoms with Crippen LogP contribution in [0.25, 0.3) is 21.5 Å². The Labute approximate surface area is 166 Å². The van der Waals surface area contributed by atoms with Gasteiger partial charge in [0.15, 0.2) is 0 Å². The molecule has 0 bridgehead atoms. The summed E-state index contributed by atoms with van der Waals surface area (Å²) in [5.41, 5.74) is 1.95. The maximum absolute atomic E-state index is 13.3.